The molecule has 1 saturated carbocycles. The zero-order valence-corrected chi connectivity index (χ0v) is 10.8. The third kappa shape index (κ3) is 2.60. The van der Waals surface area contributed by atoms with Crippen molar-refractivity contribution >= 4 is 5.69 Å². The number of hydrogen-bond donors (Lipinski definition) is 3. The normalized spacial score (nSPS) is 17.3. The van der Waals surface area contributed by atoms with Crippen LogP contribution in [-0.2, 0) is 0 Å². The zero-order valence-electron chi connectivity index (χ0n) is 10.8. The maximum atomic E-state index is 9.98. The highest BCUT2D eigenvalue weighted by molar-refractivity contribution is 5.55. The Morgan fingerprint density at radius 3 is 2.61 bits per heavy atom. The number of aliphatic hydroxyl groups is 1. The Morgan fingerprint density at radius 2 is 2.17 bits per heavy atom. The number of aliphatic hydroxyl groups excluding tert-OH is 1. The molecule has 1 atom stereocenters. The number of phenolic OH excluding ortho intramolecular Hbond substituents is 1. The number of benzene rings is 1. The molecular weight excluding hydrogens is 228 g/mol. The highest BCUT2D eigenvalue weighted by atomic mass is 16.3. The fourth-order valence-electron chi connectivity index (χ4n) is 2.42. The average molecular weight is 250 g/mol. The van der Waals surface area contributed by atoms with Crippen LogP contribution in [0.4, 0.5) is 5.69 Å². The predicted molar refractivity (Wildman–Crippen MR) is 72.8 cm³/mol. The molecule has 100 valence electrons. The summed E-state index contributed by atoms with van der Waals surface area (Å²) in [7, 11) is 0. The molecule has 1 aromatic rings. The molecule has 1 aliphatic carbocycles. The van der Waals surface area contributed by atoms with Gasteiger partial charge in [-0.05, 0) is 32.3 Å². The number of nitrogens with two attached hydrogens (primary N) is 1. The van der Waals surface area contributed by atoms with Crippen LogP contribution in [0.5, 0.6) is 5.75 Å². The second-order valence-corrected chi connectivity index (χ2v) is 5.03. The van der Waals surface area contributed by atoms with E-state index in [2.05, 4.69) is 4.90 Å². The van der Waals surface area contributed by atoms with Crippen molar-refractivity contribution in [3.05, 3.63) is 23.8 Å². The number of aromatic hydroxyl groups is 1. The molecule has 0 aliphatic heterocycles. The summed E-state index contributed by atoms with van der Waals surface area (Å²) < 4.78 is 0. The number of anilines is 1. The van der Waals surface area contributed by atoms with Gasteiger partial charge in [0.15, 0.2) is 0 Å². The molecule has 1 aromatic carbocycles. The van der Waals surface area contributed by atoms with Gasteiger partial charge in [-0.25, -0.2) is 0 Å². The van der Waals surface area contributed by atoms with Gasteiger partial charge in [0.2, 0.25) is 0 Å². The SMILES string of the molecule is CC(N)c1ccc(N(CCO)C2CCC2)cc1O. The maximum Gasteiger partial charge on any atom is 0.122 e. The van der Waals surface area contributed by atoms with E-state index in [1.807, 2.05) is 19.1 Å². The highest BCUT2D eigenvalue weighted by Crippen LogP contribution is 2.33. The summed E-state index contributed by atoms with van der Waals surface area (Å²) in [6.07, 6.45) is 3.57. The molecule has 2 rings (SSSR count). The van der Waals surface area contributed by atoms with Crippen molar-refractivity contribution in [2.75, 3.05) is 18.1 Å². The molecule has 4 heteroatoms. The van der Waals surface area contributed by atoms with Crippen molar-refractivity contribution in [3.8, 4) is 5.75 Å². The molecule has 18 heavy (non-hydrogen) atoms. The van der Waals surface area contributed by atoms with Crippen LogP contribution in [0.3, 0.4) is 0 Å². The molecular formula is C14H22N2O2. The zero-order chi connectivity index (χ0) is 13.1. The summed E-state index contributed by atoms with van der Waals surface area (Å²) in [6, 6.07) is 5.93. The Labute approximate surface area is 108 Å². The average Bonchev–Trinajstić information content (AvgIpc) is 2.25. The van der Waals surface area contributed by atoms with Crippen molar-refractivity contribution in [2.45, 2.75) is 38.3 Å². The van der Waals surface area contributed by atoms with Crippen LogP contribution in [0, 0.1) is 0 Å². The Balaban J connectivity index is 2.22. The van der Waals surface area contributed by atoms with Gasteiger partial charge in [0.05, 0.1) is 6.61 Å². The lowest BCUT2D eigenvalue weighted by Gasteiger charge is -2.39. The van der Waals surface area contributed by atoms with Crippen LogP contribution in [-0.4, -0.2) is 29.4 Å². The van der Waals surface area contributed by atoms with E-state index in [9.17, 15) is 5.11 Å². The van der Waals surface area contributed by atoms with Crippen molar-refractivity contribution < 1.29 is 10.2 Å². The van der Waals surface area contributed by atoms with E-state index in [0.29, 0.717) is 12.6 Å². The molecule has 4 nitrogen and oxygen atoms in total. The first-order valence-electron chi connectivity index (χ1n) is 6.59. The van der Waals surface area contributed by atoms with Gasteiger partial charge in [-0.2, -0.15) is 0 Å². The molecule has 1 fully saturated rings. The molecule has 0 radical (unpaired) electrons. The first kappa shape index (κ1) is 13.2. The number of nitrogens with zero attached hydrogens (tertiary/aromatic N) is 1. The van der Waals surface area contributed by atoms with Crippen LogP contribution in [0.2, 0.25) is 0 Å². The van der Waals surface area contributed by atoms with Crippen molar-refractivity contribution in [3.63, 3.8) is 0 Å². The smallest absolute Gasteiger partial charge is 0.122 e. The van der Waals surface area contributed by atoms with Gasteiger partial charge in [-0.1, -0.05) is 6.07 Å². The van der Waals surface area contributed by atoms with Gasteiger partial charge >= 0.3 is 0 Å². The van der Waals surface area contributed by atoms with Crippen LogP contribution in [0.1, 0.15) is 37.8 Å². The minimum absolute atomic E-state index is 0.131. The third-order valence-electron chi connectivity index (χ3n) is 3.69. The highest BCUT2D eigenvalue weighted by Gasteiger charge is 2.25. The van der Waals surface area contributed by atoms with Gasteiger partial charge < -0.3 is 20.8 Å². The minimum atomic E-state index is -0.172. The topological polar surface area (TPSA) is 69.7 Å². The first-order valence-corrected chi connectivity index (χ1v) is 6.59. The standard InChI is InChI=1S/C14H22N2O2/c1-10(15)13-6-5-12(9-14(13)18)16(7-8-17)11-3-2-4-11/h5-6,9-11,17-18H,2-4,7-8,15H2,1H3. The molecule has 0 amide bonds. The monoisotopic (exact) mass is 250 g/mol. The van der Waals surface area contributed by atoms with Gasteiger partial charge in [0.1, 0.15) is 5.75 Å². The van der Waals surface area contributed by atoms with Gasteiger partial charge in [0.25, 0.3) is 0 Å². The van der Waals surface area contributed by atoms with E-state index in [0.717, 1.165) is 24.1 Å². The summed E-state index contributed by atoms with van der Waals surface area (Å²) in [6.45, 7) is 2.60. The van der Waals surface area contributed by atoms with Gasteiger partial charge in [-0.3, -0.25) is 0 Å². The summed E-state index contributed by atoms with van der Waals surface area (Å²) in [5.41, 5.74) is 7.51. The molecule has 0 heterocycles. The van der Waals surface area contributed by atoms with E-state index in [-0.39, 0.29) is 18.4 Å². The van der Waals surface area contributed by atoms with Crippen LogP contribution in [0.15, 0.2) is 18.2 Å². The van der Waals surface area contributed by atoms with Gasteiger partial charge in [-0.15, -0.1) is 0 Å². The van der Waals surface area contributed by atoms with E-state index < -0.39 is 0 Å². The lowest BCUT2D eigenvalue weighted by molar-refractivity contribution is 0.283. The number of hydrogen-bond acceptors (Lipinski definition) is 4. The lowest BCUT2D eigenvalue weighted by Crippen LogP contribution is -2.41. The maximum absolute atomic E-state index is 9.98. The van der Waals surface area contributed by atoms with Crippen molar-refractivity contribution in [1.29, 1.82) is 0 Å². The predicted octanol–water partition coefficient (Wildman–Crippen LogP) is 1.76. The van der Waals surface area contributed by atoms with Gasteiger partial charge in [0, 0.05) is 35.9 Å². The third-order valence-corrected chi connectivity index (χ3v) is 3.69. The fraction of sp³-hybridized carbons (Fsp3) is 0.571. The molecule has 1 aliphatic rings. The Bertz CT molecular complexity index is 403. The van der Waals surface area contributed by atoms with E-state index in [1.165, 1.54) is 6.42 Å². The number of rotatable bonds is 5. The second-order valence-electron chi connectivity index (χ2n) is 5.03. The Hall–Kier alpha value is -1.26. The van der Waals surface area contributed by atoms with E-state index in [4.69, 9.17) is 10.8 Å². The van der Waals surface area contributed by atoms with Crippen molar-refractivity contribution in [2.24, 2.45) is 5.73 Å². The molecule has 0 saturated heterocycles. The van der Waals surface area contributed by atoms with Crippen LogP contribution < -0.4 is 10.6 Å². The fourth-order valence-corrected chi connectivity index (χ4v) is 2.42. The minimum Gasteiger partial charge on any atom is -0.508 e. The first-order chi connectivity index (χ1) is 8.63. The molecule has 4 N–H and O–H groups in total. The number of phenols is 1. The molecule has 0 spiro atoms. The Morgan fingerprint density at radius 1 is 1.44 bits per heavy atom. The summed E-state index contributed by atoms with van der Waals surface area (Å²) in [4.78, 5) is 2.17. The molecule has 0 aromatic heterocycles. The van der Waals surface area contributed by atoms with Crippen LogP contribution in [0.25, 0.3) is 0 Å². The second kappa shape index (κ2) is 5.59. The molecule has 1 unspecified atom stereocenters. The van der Waals surface area contributed by atoms with Crippen molar-refractivity contribution in [1.82, 2.24) is 0 Å². The quantitative estimate of drug-likeness (QED) is 0.745. The van der Waals surface area contributed by atoms with E-state index >= 15 is 0 Å². The van der Waals surface area contributed by atoms with E-state index in [1.54, 1.807) is 6.07 Å². The summed E-state index contributed by atoms with van der Waals surface area (Å²) >= 11 is 0. The summed E-state index contributed by atoms with van der Waals surface area (Å²) in [5.74, 6) is 0.241. The van der Waals surface area contributed by atoms with Crippen LogP contribution >= 0.6 is 0 Å². The largest absolute Gasteiger partial charge is 0.508 e. The summed E-state index contributed by atoms with van der Waals surface area (Å²) in [5, 5.41) is 19.1. The Kier molecular flexibility index (Phi) is 4.09. The lowest BCUT2D eigenvalue weighted by atomic mass is 9.91. The molecule has 0 bridgehead atoms.